The summed E-state index contributed by atoms with van der Waals surface area (Å²) in [6.45, 7) is 8.50. The van der Waals surface area contributed by atoms with E-state index in [4.69, 9.17) is 0 Å². The summed E-state index contributed by atoms with van der Waals surface area (Å²) >= 11 is 0. The lowest BCUT2D eigenvalue weighted by Crippen LogP contribution is -2.51. The molecule has 0 amide bonds. The van der Waals surface area contributed by atoms with Crippen LogP contribution in [0.15, 0.2) is 0 Å². The summed E-state index contributed by atoms with van der Waals surface area (Å²) in [4.78, 5) is 2.40. The molecule has 2 aliphatic rings. The Labute approximate surface area is 130 Å². The van der Waals surface area contributed by atoms with Crippen molar-refractivity contribution in [3.05, 3.63) is 0 Å². The summed E-state index contributed by atoms with van der Waals surface area (Å²) in [7, 11) is -3.07. The third kappa shape index (κ3) is 4.91. The maximum Gasteiger partial charge on any atom is 0.214 e. The highest BCUT2D eigenvalue weighted by molar-refractivity contribution is 7.89. The molecule has 0 saturated carbocycles. The van der Waals surface area contributed by atoms with Crippen LogP contribution < -0.4 is 5.32 Å². The van der Waals surface area contributed by atoms with E-state index in [1.54, 1.807) is 4.31 Å². The predicted octanol–water partition coefficient (Wildman–Crippen LogP) is 1.26. The van der Waals surface area contributed by atoms with E-state index in [1.807, 2.05) is 0 Å². The first-order chi connectivity index (χ1) is 10.0. The molecule has 2 heterocycles. The summed E-state index contributed by atoms with van der Waals surface area (Å²) in [6, 6.07) is 0.955. The van der Waals surface area contributed by atoms with E-state index < -0.39 is 10.0 Å². The summed E-state index contributed by atoms with van der Waals surface area (Å²) in [5.74, 6) is 0.300. The molecule has 21 heavy (non-hydrogen) atoms. The largest absolute Gasteiger partial charge is 0.314 e. The van der Waals surface area contributed by atoms with Crippen molar-refractivity contribution < 1.29 is 8.42 Å². The van der Waals surface area contributed by atoms with Crippen molar-refractivity contribution >= 4 is 10.0 Å². The molecule has 2 aliphatic heterocycles. The van der Waals surface area contributed by atoms with Crippen molar-refractivity contribution in [2.24, 2.45) is 0 Å². The molecule has 2 unspecified atom stereocenters. The van der Waals surface area contributed by atoms with Gasteiger partial charge in [-0.15, -0.1) is 0 Å². The van der Waals surface area contributed by atoms with E-state index in [0.29, 0.717) is 30.9 Å². The van der Waals surface area contributed by atoms with Crippen LogP contribution in [0, 0.1) is 0 Å². The molecule has 0 bridgehead atoms. The fourth-order valence-corrected chi connectivity index (χ4v) is 4.83. The zero-order valence-electron chi connectivity index (χ0n) is 13.6. The first kappa shape index (κ1) is 17.2. The molecule has 0 aromatic heterocycles. The minimum atomic E-state index is -3.07. The number of nitrogens with zero attached hydrogens (tertiary/aromatic N) is 2. The van der Waals surface area contributed by atoms with E-state index in [0.717, 1.165) is 38.9 Å². The molecule has 124 valence electrons. The molecular weight excluding hydrogens is 286 g/mol. The summed E-state index contributed by atoms with van der Waals surface area (Å²) < 4.78 is 26.6. The van der Waals surface area contributed by atoms with Crippen molar-refractivity contribution in [1.82, 2.24) is 14.5 Å². The quantitative estimate of drug-likeness (QED) is 0.801. The molecular formula is C15H31N3O2S. The van der Waals surface area contributed by atoms with E-state index in [9.17, 15) is 8.42 Å². The monoisotopic (exact) mass is 317 g/mol. The van der Waals surface area contributed by atoms with Gasteiger partial charge in [-0.2, -0.15) is 4.31 Å². The standard InChI is InChI=1S/C15H31N3O2S/c1-3-14(2)17-9-11-18(12-10-17)21(19,20)13-7-15-6-4-5-8-16-15/h14-16H,3-13H2,1-2H3. The van der Waals surface area contributed by atoms with Crippen LogP contribution in [0.4, 0.5) is 0 Å². The van der Waals surface area contributed by atoms with Crippen LogP contribution in [0.3, 0.4) is 0 Å². The van der Waals surface area contributed by atoms with E-state index >= 15 is 0 Å². The van der Waals surface area contributed by atoms with Gasteiger partial charge in [-0.1, -0.05) is 13.3 Å². The summed E-state index contributed by atoms with van der Waals surface area (Å²) in [5.41, 5.74) is 0. The first-order valence-electron chi connectivity index (χ1n) is 8.48. The average Bonchev–Trinajstić information content (AvgIpc) is 2.53. The normalized spacial score (nSPS) is 27.6. The van der Waals surface area contributed by atoms with Crippen LogP contribution in [0.25, 0.3) is 0 Å². The fraction of sp³-hybridized carbons (Fsp3) is 1.00. The molecule has 2 atom stereocenters. The highest BCUT2D eigenvalue weighted by Gasteiger charge is 2.28. The van der Waals surface area contributed by atoms with Gasteiger partial charge in [0.05, 0.1) is 5.75 Å². The van der Waals surface area contributed by atoms with Gasteiger partial charge in [-0.05, 0) is 39.2 Å². The van der Waals surface area contributed by atoms with Gasteiger partial charge in [-0.3, -0.25) is 4.90 Å². The Morgan fingerprint density at radius 2 is 1.90 bits per heavy atom. The molecule has 0 aliphatic carbocycles. The molecule has 0 radical (unpaired) electrons. The molecule has 2 saturated heterocycles. The average molecular weight is 317 g/mol. The lowest BCUT2D eigenvalue weighted by atomic mass is 10.0. The molecule has 6 heteroatoms. The van der Waals surface area contributed by atoms with Crippen LogP contribution in [-0.2, 0) is 10.0 Å². The van der Waals surface area contributed by atoms with Crippen molar-refractivity contribution in [1.29, 1.82) is 0 Å². The van der Waals surface area contributed by atoms with Crippen molar-refractivity contribution in [2.45, 2.75) is 58.0 Å². The van der Waals surface area contributed by atoms with Crippen molar-refractivity contribution in [2.75, 3.05) is 38.5 Å². The van der Waals surface area contributed by atoms with Crippen LogP contribution in [-0.4, -0.2) is 68.2 Å². The number of sulfonamides is 1. The van der Waals surface area contributed by atoms with Gasteiger partial charge < -0.3 is 5.32 Å². The molecule has 0 aromatic rings. The Bertz CT molecular complexity index is 399. The molecule has 5 nitrogen and oxygen atoms in total. The second-order valence-electron chi connectivity index (χ2n) is 6.44. The highest BCUT2D eigenvalue weighted by atomic mass is 32.2. The van der Waals surface area contributed by atoms with Crippen LogP contribution in [0.5, 0.6) is 0 Å². The summed E-state index contributed by atoms with van der Waals surface area (Å²) in [6.07, 6.45) is 5.46. The molecule has 0 aromatic carbocycles. The van der Waals surface area contributed by atoms with Gasteiger partial charge in [0, 0.05) is 38.3 Å². The number of nitrogens with one attached hydrogen (secondary N) is 1. The zero-order chi connectivity index (χ0) is 15.3. The Balaban J connectivity index is 1.78. The minimum Gasteiger partial charge on any atom is -0.314 e. The van der Waals surface area contributed by atoms with Gasteiger partial charge in [0.25, 0.3) is 0 Å². The number of piperazine rings is 1. The topological polar surface area (TPSA) is 52.7 Å². The predicted molar refractivity (Wildman–Crippen MR) is 86.9 cm³/mol. The number of rotatable bonds is 6. The van der Waals surface area contributed by atoms with Gasteiger partial charge >= 0.3 is 0 Å². The van der Waals surface area contributed by atoms with E-state index in [2.05, 4.69) is 24.1 Å². The lowest BCUT2D eigenvalue weighted by Gasteiger charge is -2.37. The molecule has 0 spiro atoms. The van der Waals surface area contributed by atoms with E-state index in [1.165, 1.54) is 12.8 Å². The van der Waals surface area contributed by atoms with Gasteiger partial charge in [0.2, 0.25) is 10.0 Å². The van der Waals surface area contributed by atoms with Gasteiger partial charge in [-0.25, -0.2) is 8.42 Å². The smallest absolute Gasteiger partial charge is 0.214 e. The minimum absolute atomic E-state index is 0.300. The maximum absolute atomic E-state index is 12.5. The van der Waals surface area contributed by atoms with Crippen LogP contribution in [0.1, 0.15) is 46.0 Å². The lowest BCUT2D eigenvalue weighted by molar-refractivity contribution is 0.142. The molecule has 1 N–H and O–H groups in total. The Morgan fingerprint density at radius 1 is 1.19 bits per heavy atom. The third-order valence-corrected chi connectivity index (χ3v) is 6.92. The second-order valence-corrected chi connectivity index (χ2v) is 8.53. The fourth-order valence-electron chi connectivity index (χ4n) is 3.27. The third-order valence-electron chi connectivity index (χ3n) is 5.02. The van der Waals surface area contributed by atoms with Crippen molar-refractivity contribution in [3.8, 4) is 0 Å². The Hall–Kier alpha value is -0.170. The van der Waals surface area contributed by atoms with E-state index in [-0.39, 0.29) is 0 Å². The van der Waals surface area contributed by atoms with Gasteiger partial charge in [0.15, 0.2) is 0 Å². The Morgan fingerprint density at radius 3 is 2.48 bits per heavy atom. The second kappa shape index (κ2) is 7.90. The van der Waals surface area contributed by atoms with Gasteiger partial charge in [0.1, 0.15) is 0 Å². The maximum atomic E-state index is 12.5. The molecule has 2 rings (SSSR count). The Kier molecular flexibility index (Phi) is 6.47. The highest BCUT2D eigenvalue weighted by Crippen LogP contribution is 2.15. The number of hydrogen-bond donors (Lipinski definition) is 1. The van der Waals surface area contributed by atoms with Crippen molar-refractivity contribution in [3.63, 3.8) is 0 Å². The number of piperidine rings is 1. The first-order valence-corrected chi connectivity index (χ1v) is 10.1. The van der Waals surface area contributed by atoms with Crippen LogP contribution >= 0.6 is 0 Å². The summed E-state index contributed by atoms with van der Waals surface area (Å²) in [5, 5.41) is 3.43. The SMILES string of the molecule is CCC(C)N1CCN(S(=O)(=O)CCC2CCCCN2)CC1. The number of hydrogen-bond acceptors (Lipinski definition) is 4. The van der Waals surface area contributed by atoms with Crippen LogP contribution in [0.2, 0.25) is 0 Å². The molecule has 2 fully saturated rings. The zero-order valence-corrected chi connectivity index (χ0v) is 14.4.